The molecule has 1 aliphatic heterocycles. The van der Waals surface area contributed by atoms with Gasteiger partial charge < -0.3 is 5.32 Å². The molecule has 1 heterocycles. The lowest BCUT2D eigenvalue weighted by Crippen LogP contribution is -2.39. The molecule has 0 aromatic heterocycles. The second-order valence-corrected chi connectivity index (χ2v) is 6.11. The van der Waals surface area contributed by atoms with Crippen LogP contribution in [-0.4, -0.2) is 37.1 Å². The predicted molar refractivity (Wildman–Crippen MR) is 67.2 cm³/mol. The molecule has 0 aliphatic carbocycles. The van der Waals surface area contributed by atoms with E-state index in [0.29, 0.717) is 11.5 Å². The molecular formula is C13H28N2. The summed E-state index contributed by atoms with van der Waals surface area (Å²) < 4.78 is 0. The average molecular weight is 212 g/mol. The Labute approximate surface area is 95.4 Å². The van der Waals surface area contributed by atoms with Crippen molar-refractivity contribution in [3.05, 3.63) is 0 Å². The first-order valence-corrected chi connectivity index (χ1v) is 6.44. The van der Waals surface area contributed by atoms with Crippen molar-refractivity contribution in [1.82, 2.24) is 10.2 Å². The number of nitrogens with one attached hydrogen (secondary N) is 1. The van der Waals surface area contributed by atoms with E-state index in [1.165, 1.54) is 32.4 Å². The molecule has 1 aliphatic rings. The second-order valence-electron chi connectivity index (χ2n) is 6.11. The third-order valence-electron chi connectivity index (χ3n) is 3.26. The Morgan fingerprint density at radius 1 is 1.20 bits per heavy atom. The van der Waals surface area contributed by atoms with Crippen LogP contribution in [0.1, 0.15) is 47.0 Å². The van der Waals surface area contributed by atoms with Crippen LogP contribution in [0, 0.1) is 5.41 Å². The summed E-state index contributed by atoms with van der Waals surface area (Å²) >= 11 is 0. The number of hydrogen-bond acceptors (Lipinski definition) is 2. The summed E-state index contributed by atoms with van der Waals surface area (Å²) in [7, 11) is 0. The van der Waals surface area contributed by atoms with Gasteiger partial charge in [0.25, 0.3) is 0 Å². The fourth-order valence-corrected chi connectivity index (χ4v) is 2.09. The van der Waals surface area contributed by atoms with Gasteiger partial charge in [-0.3, -0.25) is 4.90 Å². The molecule has 15 heavy (non-hydrogen) atoms. The van der Waals surface area contributed by atoms with Crippen LogP contribution in [0.25, 0.3) is 0 Å². The van der Waals surface area contributed by atoms with Crippen LogP contribution in [0.5, 0.6) is 0 Å². The van der Waals surface area contributed by atoms with Crippen LogP contribution in [-0.2, 0) is 0 Å². The molecule has 0 amide bonds. The number of nitrogens with zero attached hydrogens (tertiary/aromatic N) is 1. The molecule has 2 nitrogen and oxygen atoms in total. The third kappa shape index (κ3) is 5.53. The molecule has 0 aromatic rings. The zero-order valence-corrected chi connectivity index (χ0v) is 11.0. The zero-order chi connectivity index (χ0) is 11.3. The minimum atomic E-state index is 0.462. The van der Waals surface area contributed by atoms with E-state index in [9.17, 15) is 0 Å². The van der Waals surface area contributed by atoms with Gasteiger partial charge in [-0.15, -0.1) is 0 Å². The van der Waals surface area contributed by atoms with E-state index in [0.717, 1.165) is 13.1 Å². The molecule has 0 radical (unpaired) electrons. The first kappa shape index (κ1) is 13.0. The Kier molecular flexibility index (Phi) is 5.07. The largest absolute Gasteiger partial charge is 0.315 e. The summed E-state index contributed by atoms with van der Waals surface area (Å²) in [4.78, 5) is 2.60. The Morgan fingerprint density at radius 2 is 1.80 bits per heavy atom. The second kappa shape index (κ2) is 5.86. The maximum Gasteiger partial charge on any atom is 0.0192 e. The van der Waals surface area contributed by atoms with Crippen LogP contribution in [0.3, 0.4) is 0 Å². The monoisotopic (exact) mass is 212 g/mol. The van der Waals surface area contributed by atoms with E-state index in [1.807, 2.05) is 0 Å². The minimum absolute atomic E-state index is 0.462. The lowest BCUT2D eigenvalue weighted by atomic mass is 9.92. The van der Waals surface area contributed by atoms with Crippen molar-refractivity contribution in [2.24, 2.45) is 5.41 Å². The van der Waals surface area contributed by atoms with Crippen molar-refractivity contribution in [3.8, 4) is 0 Å². The number of rotatable bonds is 5. The molecule has 0 saturated carbocycles. The highest BCUT2D eigenvalue weighted by molar-refractivity contribution is 4.75. The normalized spacial score (nSPS) is 20.8. The highest BCUT2D eigenvalue weighted by atomic mass is 15.2. The Morgan fingerprint density at radius 3 is 2.33 bits per heavy atom. The lowest BCUT2D eigenvalue weighted by molar-refractivity contribution is 0.248. The smallest absolute Gasteiger partial charge is 0.0192 e. The molecule has 1 unspecified atom stereocenters. The van der Waals surface area contributed by atoms with Gasteiger partial charge in [-0.2, -0.15) is 0 Å². The standard InChI is InChI=1S/C13H28N2/c1-12(15-9-5-6-10-15)11-14-8-7-13(2,3)4/h12,14H,5-11H2,1-4H3. The molecular weight excluding hydrogens is 184 g/mol. The summed E-state index contributed by atoms with van der Waals surface area (Å²) in [6, 6.07) is 0.715. The average Bonchev–Trinajstić information content (AvgIpc) is 2.63. The van der Waals surface area contributed by atoms with Gasteiger partial charge in [-0.1, -0.05) is 20.8 Å². The first-order valence-electron chi connectivity index (χ1n) is 6.44. The van der Waals surface area contributed by atoms with Gasteiger partial charge in [0.05, 0.1) is 0 Å². The number of hydrogen-bond donors (Lipinski definition) is 1. The molecule has 1 N–H and O–H groups in total. The van der Waals surface area contributed by atoms with Gasteiger partial charge in [0.15, 0.2) is 0 Å². The van der Waals surface area contributed by atoms with Gasteiger partial charge in [-0.05, 0) is 51.2 Å². The van der Waals surface area contributed by atoms with Crippen molar-refractivity contribution in [3.63, 3.8) is 0 Å². The molecule has 1 fully saturated rings. The van der Waals surface area contributed by atoms with Gasteiger partial charge in [0.1, 0.15) is 0 Å². The summed E-state index contributed by atoms with van der Waals surface area (Å²) in [5, 5.41) is 3.58. The Bertz CT molecular complexity index is 166. The van der Waals surface area contributed by atoms with E-state index in [4.69, 9.17) is 0 Å². The fraction of sp³-hybridized carbons (Fsp3) is 1.00. The maximum atomic E-state index is 3.58. The summed E-state index contributed by atoms with van der Waals surface area (Å²) in [6.07, 6.45) is 4.05. The molecule has 1 atom stereocenters. The van der Waals surface area contributed by atoms with E-state index in [1.54, 1.807) is 0 Å². The zero-order valence-electron chi connectivity index (χ0n) is 11.0. The van der Waals surface area contributed by atoms with Crippen LogP contribution in [0.4, 0.5) is 0 Å². The summed E-state index contributed by atoms with van der Waals surface area (Å²) in [5.41, 5.74) is 0.462. The van der Waals surface area contributed by atoms with Crippen molar-refractivity contribution < 1.29 is 0 Å². The quantitative estimate of drug-likeness (QED) is 0.704. The van der Waals surface area contributed by atoms with Crippen molar-refractivity contribution in [2.45, 2.75) is 53.0 Å². The molecule has 0 bridgehead atoms. The van der Waals surface area contributed by atoms with Crippen molar-refractivity contribution in [2.75, 3.05) is 26.2 Å². The van der Waals surface area contributed by atoms with Crippen LogP contribution >= 0.6 is 0 Å². The Balaban J connectivity index is 2.04. The van der Waals surface area contributed by atoms with Gasteiger partial charge >= 0.3 is 0 Å². The van der Waals surface area contributed by atoms with Crippen molar-refractivity contribution >= 4 is 0 Å². The molecule has 0 spiro atoms. The molecule has 0 aromatic carbocycles. The van der Waals surface area contributed by atoms with Gasteiger partial charge in [-0.25, -0.2) is 0 Å². The SMILES string of the molecule is CC(CNCCC(C)(C)C)N1CCCC1. The molecule has 1 rings (SSSR count). The lowest BCUT2D eigenvalue weighted by Gasteiger charge is -2.25. The van der Waals surface area contributed by atoms with Crippen molar-refractivity contribution in [1.29, 1.82) is 0 Å². The predicted octanol–water partition coefficient (Wildman–Crippen LogP) is 2.50. The van der Waals surface area contributed by atoms with E-state index >= 15 is 0 Å². The van der Waals surface area contributed by atoms with Crippen LogP contribution in [0.2, 0.25) is 0 Å². The summed E-state index contributed by atoms with van der Waals surface area (Å²) in [6.45, 7) is 14.2. The molecule has 1 saturated heterocycles. The number of likely N-dealkylation sites (tertiary alicyclic amines) is 1. The van der Waals surface area contributed by atoms with Gasteiger partial charge in [0, 0.05) is 12.6 Å². The van der Waals surface area contributed by atoms with Crippen LogP contribution in [0.15, 0.2) is 0 Å². The highest BCUT2D eigenvalue weighted by Gasteiger charge is 2.17. The van der Waals surface area contributed by atoms with E-state index < -0.39 is 0 Å². The maximum absolute atomic E-state index is 3.58. The first-order chi connectivity index (χ1) is 6.99. The topological polar surface area (TPSA) is 15.3 Å². The minimum Gasteiger partial charge on any atom is -0.315 e. The van der Waals surface area contributed by atoms with Gasteiger partial charge in [0.2, 0.25) is 0 Å². The fourth-order valence-electron chi connectivity index (χ4n) is 2.09. The van der Waals surface area contributed by atoms with E-state index in [2.05, 4.69) is 37.9 Å². The highest BCUT2D eigenvalue weighted by Crippen LogP contribution is 2.17. The van der Waals surface area contributed by atoms with E-state index in [-0.39, 0.29) is 0 Å². The molecule has 2 heteroatoms. The Hall–Kier alpha value is -0.0800. The van der Waals surface area contributed by atoms with Crippen LogP contribution < -0.4 is 5.32 Å². The summed E-state index contributed by atoms with van der Waals surface area (Å²) in [5.74, 6) is 0. The third-order valence-corrected chi connectivity index (χ3v) is 3.26. The molecule has 90 valence electrons.